The Bertz CT molecular complexity index is 268. The van der Waals surface area contributed by atoms with Crippen molar-refractivity contribution < 1.29 is 13.2 Å². The molecule has 0 radical (unpaired) electrons. The van der Waals surface area contributed by atoms with Gasteiger partial charge in [0.1, 0.15) is 0 Å². The van der Waals surface area contributed by atoms with Crippen LogP contribution < -0.4 is 10.0 Å². The molecular weight excluding hydrogens is 216 g/mol. The molecule has 2 aliphatic rings. The van der Waals surface area contributed by atoms with E-state index in [9.17, 15) is 8.42 Å². The zero-order chi connectivity index (χ0) is 10.7. The molecule has 0 aromatic rings. The van der Waals surface area contributed by atoms with Gasteiger partial charge in [-0.25, -0.2) is 13.1 Å². The van der Waals surface area contributed by atoms with Gasteiger partial charge in [-0.15, -0.1) is 0 Å². The van der Waals surface area contributed by atoms with Crippen molar-refractivity contribution in [1.82, 2.24) is 10.0 Å². The zero-order valence-electron chi connectivity index (χ0n) is 8.74. The molecule has 0 saturated carbocycles. The number of ether oxygens (including phenoxy) is 1. The van der Waals surface area contributed by atoms with Gasteiger partial charge in [0.2, 0.25) is 10.0 Å². The first-order chi connectivity index (χ1) is 7.16. The highest BCUT2D eigenvalue weighted by atomic mass is 32.2. The van der Waals surface area contributed by atoms with Crippen molar-refractivity contribution in [2.75, 3.05) is 25.4 Å². The van der Waals surface area contributed by atoms with Gasteiger partial charge in [0.05, 0.1) is 11.9 Å². The van der Waals surface area contributed by atoms with E-state index >= 15 is 0 Å². The lowest BCUT2D eigenvalue weighted by molar-refractivity contribution is 0.127. The van der Waals surface area contributed by atoms with E-state index in [1.54, 1.807) is 0 Å². The van der Waals surface area contributed by atoms with Gasteiger partial charge in [-0.1, -0.05) is 0 Å². The first-order valence-corrected chi connectivity index (χ1v) is 7.13. The van der Waals surface area contributed by atoms with E-state index in [-0.39, 0.29) is 17.9 Å². The molecule has 2 fully saturated rings. The van der Waals surface area contributed by atoms with E-state index in [0.717, 1.165) is 32.4 Å². The highest BCUT2D eigenvalue weighted by Gasteiger charge is 2.26. The van der Waals surface area contributed by atoms with E-state index in [2.05, 4.69) is 10.0 Å². The number of hydrogen-bond acceptors (Lipinski definition) is 4. The second kappa shape index (κ2) is 4.78. The van der Waals surface area contributed by atoms with Crippen LogP contribution >= 0.6 is 0 Å². The molecule has 2 rings (SSSR count). The summed E-state index contributed by atoms with van der Waals surface area (Å²) in [7, 11) is -3.16. The zero-order valence-corrected chi connectivity index (χ0v) is 9.55. The molecule has 0 aromatic heterocycles. The Morgan fingerprint density at radius 1 is 1.40 bits per heavy atom. The van der Waals surface area contributed by atoms with Crippen LogP contribution in [0.2, 0.25) is 0 Å². The average molecular weight is 234 g/mol. The quantitative estimate of drug-likeness (QED) is 0.685. The third-order valence-corrected chi connectivity index (χ3v) is 4.34. The van der Waals surface area contributed by atoms with Gasteiger partial charge in [0.25, 0.3) is 0 Å². The SMILES string of the molecule is O=S(=O)(CC1CCCO1)N[C@H]1CCNC1. The van der Waals surface area contributed by atoms with Crippen LogP contribution in [-0.4, -0.2) is 46.0 Å². The van der Waals surface area contributed by atoms with Gasteiger partial charge in [0, 0.05) is 19.2 Å². The summed E-state index contributed by atoms with van der Waals surface area (Å²) in [5.74, 6) is 0.115. The van der Waals surface area contributed by atoms with Gasteiger partial charge >= 0.3 is 0 Å². The first-order valence-electron chi connectivity index (χ1n) is 5.48. The number of nitrogens with one attached hydrogen (secondary N) is 2. The van der Waals surface area contributed by atoms with Crippen molar-refractivity contribution in [1.29, 1.82) is 0 Å². The molecule has 88 valence electrons. The third kappa shape index (κ3) is 3.41. The van der Waals surface area contributed by atoms with Crippen molar-refractivity contribution in [2.45, 2.75) is 31.4 Å². The fourth-order valence-electron chi connectivity index (χ4n) is 2.08. The second-order valence-electron chi connectivity index (χ2n) is 4.22. The summed E-state index contributed by atoms with van der Waals surface area (Å²) in [5.41, 5.74) is 0. The van der Waals surface area contributed by atoms with Crippen LogP contribution in [0, 0.1) is 0 Å². The monoisotopic (exact) mass is 234 g/mol. The molecule has 0 spiro atoms. The lowest BCUT2D eigenvalue weighted by Crippen LogP contribution is -2.40. The first kappa shape index (κ1) is 11.3. The van der Waals surface area contributed by atoms with Crippen LogP contribution in [0.25, 0.3) is 0 Å². The summed E-state index contributed by atoms with van der Waals surface area (Å²) in [4.78, 5) is 0. The lowest BCUT2D eigenvalue weighted by atomic mass is 10.3. The second-order valence-corrected chi connectivity index (χ2v) is 6.02. The Balaban J connectivity index is 1.82. The number of hydrogen-bond donors (Lipinski definition) is 2. The smallest absolute Gasteiger partial charge is 0.214 e. The fraction of sp³-hybridized carbons (Fsp3) is 1.00. The Morgan fingerprint density at radius 3 is 2.87 bits per heavy atom. The van der Waals surface area contributed by atoms with Crippen molar-refractivity contribution in [3.63, 3.8) is 0 Å². The van der Waals surface area contributed by atoms with E-state index in [0.29, 0.717) is 6.61 Å². The van der Waals surface area contributed by atoms with Gasteiger partial charge in [-0.05, 0) is 25.8 Å². The predicted molar refractivity (Wildman–Crippen MR) is 57.2 cm³/mol. The maximum absolute atomic E-state index is 11.7. The van der Waals surface area contributed by atoms with E-state index in [1.807, 2.05) is 0 Å². The normalized spacial score (nSPS) is 32.3. The topological polar surface area (TPSA) is 67.4 Å². The van der Waals surface area contributed by atoms with Crippen molar-refractivity contribution in [3.8, 4) is 0 Å². The van der Waals surface area contributed by atoms with Crippen LogP contribution in [0.1, 0.15) is 19.3 Å². The molecule has 2 aliphatic heterocycles. The molecule has 2 heterocycles. The Kier molecular flexibility index (Phi) is 3.60. The molecule has 15 heavy (non-hydrogen) atoms. The van der Waals surface area contributed by atoms with Crippen LogP contribution in [-0.2, 0) is 14.8 Å². The fourth-order valence-corrected chi connectivity index (χ4v) is 3.64. The molecule has 2 atom stereocenters. The summed E-state index contributed by atoms with van der Waals surface area (Å²) in [6, 6.07) is 0.0661. The molecule has 0 aromatic carbocycles. The number of sulfonamides is 1. The minimum atomic E-state index is -3.16. The molecular formula is C9H18N2O3S. The average Bonchev–Trinajstić information content (AvgIpc) is 2.75. The van der Waals surface area contributed by atoms with E-state index in [4.69, 9.17) is 4.74 Å². The van der Waals surface area contributed by atoms with Crippen molar-refractivity contribution >= 4 is 10.0 Å². The van der Waals surface area contributed by atoms with E-state index < -0.39 is 10.0 Å². The van der Waals surface area contributed by atoms with Crippen LogP contribution in [0.5, 0.6) is 0 Å². The van der Waals surface area contributed by atoms with E-state index in [1.165, 1.54) is 0 Å². The Labute approximate surface area is 90.6 Å². The lowest BCUT2D eigenvalue weighted by Gasteiger charge is -2.14. The molecule has 5 nitrogen and oxygen atoms in total. The van der Waals surface area contributed by atoms with Crippen LogP contribution in [0.3, 0.4) is 0 Å². The summed E-state index contributed by atoms with van der Waals surface area (Å²) in [6.45, 7) is 2.34. The van der Waals surface area contributed by atoms with Crippen LogP contribution in [0.15, 0.2) is 0 Å². The van der Waals surface area contributed by atoms with Crippen LogP contribution in [0.4, 0.5) is 0 Å². The summed E-state index contributed by atoms with van der Waals surface area (Å²) >= 11 is 0. The molecule has 0 amide bonds. The molecule has 0 bridgehead atoms. The number of rotatable bonds is 4. The highest BCUT2D eigenvalue weighted by Crippen LogP contribution is 2.14. The third-order valence-electron chi connectivity index (χ3n) is 2.84. The minimum absolute atomic E-state index is 0.0661. The van der Waals surface area contributed by atoms with Crippen molar-refractivity contribution in [2.24, 2.45) is 0 Å². The summed E-state index contributed by atoms with van der Waals surface area (Å²) < 4.78 is 31.5. The minimum Gasteiger partial charge on any atom is -0.377 e. The standard InChI is InChI=1S/C9H18N2O3S/c12-15(13,7-9-2-1-5-14-9)11-8-3-4-10-6-8/h8-11H,1-7H2/t8-,9?/m0/s1. The van der Waals surface area contributed by atoms with Gasteiger partial charge in [0.15, 0.2) is 0 Å². The molecule has 2 N–H and O–H groups in total. The van der Waals surface area contributed by atoms with Gasteiger partial charge < -0.3 is 10.1 Å². The molecule has 0 aliphatic carbocycles. The molecule has 1 unspecified atom stereocenters. The Morgan fingerprint density at radius 2 is 2.27 bits per heavy atom. The predicted octanol–water partition coefficient (Wildman–Crippen LogP) is -0.553. The molecule has 6 heteroatoms. The highest BCUT2D eigenvalue weighted by molar-refractivity contribution is 7.89. The largest absolute Gasteiger partial charge is 0.377 e. The van der Waals surface area contributed by atoms with Gasteiger partial charge in [-0.2, -0.15) is 0 Å². The Hall–Kier alpha value is -0.170. The van der Waals surface area contributed by atoms with Gasteiger partial charge in [-0.3, -0.25) is 0 Å². The maximum Gasteiger partial charge on any atom is 0.214 e. The van der Waals surface area contributed by atoms with Crippen molar-refractivity contribution in [3.05, 3.63) is 0 Å². The summed E-state index contributed by atoms with van der Waals surface area (Å²) in [5, 5.41) is 3.13. The maximum atomic E-state index is 11.7. The molecule has 2 saturated heterocycles. The summed E-state index contributed by atoms with van der Waals surface area (Å²) in [6.07, 6.45) is 2.62.